The van der Waals surface area contributed by atoms with Gasteiger partial charge in [0, 0.05) is 18.9 Å². The van der Waals surface area contributed by atoms with Crippen LogP contribution in [0.15, 0.2) is 12.2 Å². The van der Waals surface area contributed by atoms with Crippen molar-refractivity contribution in [3.8, 4) is 0 Å². The molecule has 3 aliphatic rings. The van der Waals surface area contributed by atoms with Crippen molar-refractivity contribution in [2.24, 2.45) is 23.7 Å². The van der Waals surface area contributed by atoms with Gasteiger partial charge in [-0.25, -0.2) is 0 Å². The molecule has 2 heterocycles. The molecule has 2 saturated heterocycles. The standard InChI is InChI=1S/C22H38O4/c1-7-25-17-10-11-21(5,23)20-19-15(13(2)3)9-8-14(4)18(19)16(26-20)12-22(17,6)24/h13,15-20,23-24H,4,7-12H2,1-3,5-6H3. The lowest BCUT2D eigenvalue weighted by atomic mass is 9.60. The highest BCUT2D eigenvalue weighted by molar-refractivity contribution is 5.18. The second kappa shape index (κ2) is 7.20. The summed E-state index contributed by atoms with van der Waals surface area (Å²) in [7, 11) is 0. The Morgan fingerprint density at radius 2 is 1.92 bits per heavy atom. The van der Waals surface area contributed by atoms with Gasteiger partial charge in [-0.2, -0.15) is 0 Å². The third kappa shape index (κ3) is 3.50. The lowest BCUT2D eigenvalue weighted by Gasteiger charge is -2.45. The summed E-state index contributed by atoms with van der Waals surface area (Å²) in [6, 6.07) is 0. The molecule has 3 rings (SSSR count). The van der Waals surface area contributed by atoms with E-state index in [2.05, 4.69) is 20.4 Å². The molecule has 4 nitrogen and oxygen atoms in total. The highest BCUT2D eigenvalue weighted by atomic mass is 16.5. The minimum atomic E-state index is -0.967. The number of ether oxygens (including phenoxy) is 2. The summed E-state index contributed by atoms with van der Waals surface area (Å²) in [5.74, 6) is 1.59. The molecule has 1 saturated carbocycles. The fraction of sp³-hybridized carbons (Fsp3) is 0.909. The first-order chi connectivity index (χ1) is 12.1. The van der Waals surface area contributed by atoms with Gasteiger partial charge in [0.15, 0.2) is 0 Å². The van der Waals surface area contributed by atoms with E-state index < -0.39 is 11.2 Å². The Morgan fingerprint density at radius 3 is 2.54 bits per heavy atom. The molecule has 0 aromatic rings. The summed E-state index contributed by atoms with van der Waals surface area (Å²) in [4.78, 5) is 0. The van der Waals surface area contributed by atoms with Crippen LogP contribution in [0.5, 0.6) is 0 Å². The molecule has 1 aliphatic carbocycles. The van der Waals surface area contributed by atoms with Crippen LogP contribution in [0.3, 0.4) is 0 Å². The number of hydrogen-bond acceptors (Lipinski definition) is 4. The average Bonchev–Trinajstić information content (AvgIpc) is 2.91. The SMILES string of the molecule is C=C1CCC(C(C)C)C2C1C1CC(C)(O)C(OCC)CCC(C)(O)C2O1. The molecule has 0 spiro atoms. The number of rotatable bonds is 3. The van der Waals surface area contributed by atoms with Crippen molar-refractivity contribution in [3.05, 3.63) is 12.2 Å². The Hall–Kier alpha value is -0.420. The van der Waals surface area contributed by atoms with Gasteiger partial charge < -0.3 is 19.7 Å². The van der Waals surface area contributed by atoms with Crippen molar-refractivity contribution in [1.82, 2.24) is 0 Å². The predicted molar refractivity (Wildman–Crippen MR) is 103 cm³/mol. The topological polar surface area (TPSA) is 58.9 Å². The van der Waals surface area contributed by atoms with Gasteiger partial charge in [0.05, 0.1) is 29.5 Å². The molecule has 8 unspecified atom stereocenters. The van der Waals surface area contributed by atoms with E-state index in [0.29, 0.717) is 37.7 Å². The van der Waals surface area contributed by atoms with E-state index in [1.54, 1.807) is 0 Å². The second-order valence-corrected chi connectivity index (χ2v) is 9.70. The molecule has 2 N–H and O–H groups in total. The zero-order valence-electron chi connectivity index (χ0n) is 17.2. The van der Waals surface area contributed by atoms with Crippen LogP contribution in [0.1, 0.15) is 66.7 Å². The minimum Gasteiger partial charge on any atom is -0.387 e. The van der Waals surface area contributed by atoms with Crippen LogP contribution in [-0.2, 0) is 9.47 Å². The highest BCUT2D eigenvalue weighted by Gasteiger charge is 2.58. The van der Waals surface area contributed by atoms with Crippen LogP contribution in [0.2, 0.25) is 0 Å². The average molecular weight is 367 g/mol. The van der Waals surface area contributed by atoms with Gasteiger partial charge in [-0.3, -0.25) is 0 Å². The largest absolute Gasteiger partial charge is 0.387 e. The van der Waals surface area contributed by atoms with Crippen LogP contribution in [0.25, 0.3) is 0 Å². The summed E-state index contributed by atoms with van der Waals surface area (Å²) in [5, 5.41) is 22.6. The molecular weight excluding hydrogens is 328 g/mol. The van der Waals surface area contributed by atoms with Crippen molar-refractivity contribution in [1.29, 1.82) is 0 Å². The predicted octanol–water partition coefficient (Wildman–Crippen LogP) is 3.70. The van der Waals surface area contributed by atoms with E-state index in [9.17, 15) is 10.2 Å². The Morgan fingerprint density at radius 1 is 1.23 bits per heavy atom. The Labute approximate surface area is 159 Å². The highest BCUT2D eigenvalue weighted by Crippen LogP contribution is 2.55. The monoisotopic (exact) mass is 366 g/mol. The van der Waals surface area contributed by atoms with E-state index in [0.717, 1.165) is 12.8 Å². The first kappa shape index (κ1) is 20.3. The number of hydrogen-bond donors (Lipinski definition) is 2. The van der Waals surface area contributed by atoms with Gasteiger partial charge in [0.2, 0.25) is 0 Å². The molecule has 4 heteroatoms. The first-order valence-corrected chi connectivity index (χ1v) is 10.5. The number of fused-ring (bicyclic) bond motifs is 5. The summed E-state index contributed by atoms with van der Waals surface area (Å²) in [6.07, 6.45) is 3.33. The fourth-order valence-electron chi connectivity index (χ4n) is 5.93. The summed E-state index contributed by atoms with van der Waals surface area (Å²) < 4.78 is 12.4. The smallest absolute Gasteiger partial charge is 0.0905 e. The van der Waals surface area contributed by atoms with Crippen molar-refractivity contribution in [3.63, 3.8) is 0 Å². The third-order valence-electron chi connectivity index (χ3n) is 7.31. The van der Waals surface area contributed by atoms with E-state index in [1.165, 1.54) is 5.57 Å². The van der Waals surface area contributed by atoms with Gasteiger partial charge >= 0.3 is 0 Å². The molecule has 150 valence electrons. The van der Waals surface area contributed by atoms with Gasteiger partial charge in [-0.15, -0.1) is 0 Å². The van der Waals surface area contributed by atoms with E-state index in [-0.39, 0.29) is 30.1 Å². The molecule has 26 heavy (non-hydrogen) atoms. The molecule has 0 radical (unpaired) electrons. The van der Waals surface area contributed by atoms with Crippen LogP contribution in [0.4, 0.5) is 0 Å². The van der Waals surface area contributed by atoms with E-state index >= 15 is 0 Å². The quantitative estimate of drug-likeness (QED) is 0.748. The number of aliphatic hydroxyl groups is 2. The maximum atomic E-state index is 11.4. The van der Waals surface area contributed by atoms with E-state index in [4.69, 9.17) is 9.47 Å². The minimum absolute atomic E-state index is 0.0958. The molecule has 0 amide bonds. The second-order valence-electron chi connectivity index (χ2n) is 9.70. The van der Waals surface area contributed by atoms with Crippen LogP contribution < -0.4 is 0 Å². The zero-order valence-corrected chi connectivity index (χ0v) is 17.2. The molecular formula is C22H38O4. The zero-order chi connectivity index (χ0) is 19.3. The lowest BCUT2D eigenvalue weighted by molar-refractivity contribution is -0.123. The lowest BCUT2D eigenvalue weighted by Crippen LogP contribution is -2.50. The fourth-order valence-corrected chi connectivity index (χ4v) is 5.93. The summed E-state index contributed by atoms with van der Waals surface area (Å²) in [6.45, 7) is 15.2. The van der Waals surface area contributed by atoms with Crippen LogP contribution in [0, 0.1) is 23.7 Å². The van der Waals surface area contributed by atoms with Gasteiger partial charge in [0.25, 0.3) is 0 Å². The van der Waals surface area contributed by atoms with Gasteiger partial charge in [-0.05, 0) is 64.2 Å². The molecule has 0 aromatic carbocycles. The third-order valence-corrected chi connectivity index (χ3v) is 7.31. The van der Waals surface area contributed by atoms with Crippen LogP contribution in [-0.4, -0.2) is 46.3 Å². The summed E-state index contributed by atoms with van der Waals surface area (Å²) in [5.41, 5.74) is -0.649. The molecule has 8 atom stereocenters. The first-order valence-electron chi connectivity index (χ1n) is 10.5. The van der Waals surface area contributed by atoms with Crippen molar-refractivity contribution in [2.45, 2.75) is 96.2 Å². The van der Waals surface area contributed by atoms with Gasteiger partial charge in [-0.1, -0.05) is 26.0 Å². The van der Waals surface area contributed by atoms with Crippen molar-refractivity contribution < 1.29 is 19.7 Å². The normalized spacial score (nSPS) is 49.5. The maximum Gasteiger partial charge on any atom is 0.0905 e. The van der Waals surface area contributed by atoms with Crippen LogP contribution >= 0.6 is 0 Å². The summed E-state index contributed by atoms with van der Waals surface area (Å²) >= 11 is 0. The van der Waals surface area contributed by atoms with Gasteiger partial charge in [0.1, 0.15) is 0 Å². The Kier molecular flexibility index (Phi) is 5.62. The van der Waals surface area contributed by atoms with E-state index in [1.807, 2.05) is 20.8 Å². The molecule has 0 aromatic heterocycles. The Balaban J connectivity index is 1.99. The molecule has 2 bridgehead atoms. The van der Waals surface area contributed by atoms with Crippen molar-refractivity contribution >= 4 is 0 Å². The molecule has 2 aliphatic heterocycles. The maximum absolute atomic E-state index is 11.4. The molecule has 3 fully saturated rings. The Bertz CT molecular complexity index is 524. The van der Waals surface area contributed by atoms with Crippen molar-refractivity contribution in [2.75, 3.05) is 6.61 Å².